The predicted molar refractivity (Wildman–Crippen MR) is 370 cm³/mol. The molecule has 2 rings (SSSR count). The molecule has 0 bridgehead atoms. The van der Waals surface area contributed by atoms with E-state index >= 15 is 0 Å². The number of carboxylic acid groups (broad SMARTS) is 1. The molecule has 2 fully saturated rings. The number of aliphatic hydroxyl groups is 1. The zero-order chi connectivity index (χ0) is 59.2. The third-order valence-corrected chi connectivity index (χ3v) is 21.2. The van der Waals surface area contributed by atoms with E-state index in [1.165, 1.54) is 392 Å². The lowest BCUT2D eigenvalue weighted by atomic mass is 9.91. The maximum Gasteiger partial charge on any atom is 0.309 e. The molecule has 0 aliphatic heterocycles. The van der Waals surface area contributed by atoms with Crippen molar-refractivity contribution < 1.29 is 15.0 Å². The molecule has 2 aliphatic rings. The molecule has 6 atom stereocenters. The molecule has 494 valence electrons. The minimum Gasteiger partial charge on any atom is -0.481 e. The lowest BCUT2D eigenvalue weighted by Gasteiger charge is -2.19. The largest absolute Gasteiger partial charge is 0.481 e. The summed E-state index contributed by atoms with van der Waals surface area (Å²) in [5.41, 5.74) is 0. The van der Waals surface area contributed by atoms with E-state index < -0.39 is 18.0 Å². The van der Waals surface area contributed by atoms with Crippen LogP contribution < -0.4 is 0 Å². The molecule has 3 nitrogen and oxygen atoms in total. The molecule has 83 heavy (non-hydrogen) atoms. The summed E-state index contributed by atoms with van der Waals surface area (Å²) in [5.74, 6) is 3.06. The Morgan fingerprint density at radius 1 is 0.253 bits per heavy atom. The van der Waals surface area contributed by atoms with Crippen molar-refractivity contribution in [1.82, 2.24) is 0 Å². The highest BCUT2D eigenvalue weighted by atomic mass is 16.4. The number of hydrogen-bond donors (Lipinski definition) is 2. The van der Waals surface area contributed by atoms with Gasteiger partial charge in [0.05, 0.1) is 12.0 Å². The molecule has 2 saturated carbocycles. The molecule has 0 spiro atoms. The van der Waals surface area contributed by atoms with Crippen molar-refractivity contribution in [2.45, 2.75) is 476 Å². The molecular weight excluding hydrogens is 1010 g/mol. The Kier molecular flexibility index (Phi) is 59.6. The molecule has 0 aromatic rings. The lowest BCUT2D eigenvalue weighted by molar-refractivity contribution is -0.146. The molecule has 2 aliphatic carbocycles. The highest BCUT2D eigenvalue weighted by molar-refractivity contribution is 5.70. The second-order valence-electron chi connectivity index (χ2n) is 29.3. The molecule has 0 aromatic carbocycles. The second-order valence-corrected chi connectivity index (χ2v) is 29.3. The molecule has 3 heteroatoms. The van der Waals surface area contributed by atoms with Gasteiger partial charge in [0.25, 0.3) is 0 Å². The molecule has 0 saturated heterocycles. The van der Waals surface area contributed by atoms with Gasteiger partial charge in [-0.15, -0.1) is 0 Å². The molecule has 0 amide bonds. The third kappa shape index (κ3) is 55.2. The Labute approximate surface area is 523 Å². The van der Waals surface area contributed by atoms with E-state index in [9.17, 15) is 15.0 Å². The second kappa shape index (κ2) is 63.0. The van der Waals surface area contributed by atoms with E-state index in [2.05, 4.69) is 13.8 Å². The molecule has 0 heterocycles. The summed E-state index contributed by atoms with van der Waals surface area (Å²) in [7, 11) is 0. The smallest absolute Gasteiger partial charge is 0.309 e. The number of carbonyl (C=O) groups is 1. The Balaban J connectivity index is 1.19. The van der Waals surface area contributed by atoms with Gasteiger partial charge >= 0.3 is 5.97 Å². The zero-order valence-electron chi connectivity index (χ0n) is 57.5. The topological polar surface area (TPSA) is 57.5 Å². The number of carboxylic acids is 1. The predicted octanol–water partition coefficient (Wildman–Crippen LogP) is 28.3. The van der Waals surface area contributed by atoms with Crippen molar-refractivity contribution in [3.8, 4) is 0 Å². The normalized spacial score (nSPS) is 17.4. The first-order valence-electron chi connectivity index (χ1n) is 40.0. The van der Waals surface area contributed by atoms with Crippen LogP contribution in [0.1, 0.15) is 470 Å². The summed E-state index contributed by atoms with van der Waals surface area (Å²) in [5, 5.41) is 20.6. The van der Waals surface area contributed by atoms with Crippen LogP contribution in [-0.4, -0.2) is 22.3 Å². The number of hydrogen-bond acceptors (Lipinski definition) is 2. The summed E-state index contributed by atoms with van der Waals surface area (Å²) in [6.07, 6.45) is 99.0. The minimum absolute atomic E-state index is 0.581. The third-order valence-electron chi connectivity index (χ3n) is 21.2. The fourth-order valence-corrected chi connectivity index (χ4v) is 14.9. The first-order valence-corrected chi connectivity index (χ1v) is 40.0. The van der Waals surface area contributed by atoms with Crippen molar-refractivity contribution in [3.05, 3.63) is 0 Å². The first kappa shape index (κ1) is 78.5. The molecular formula is C80H156O3. The van der Waals surface area contributed by atoms with Gasteiger partial charge in [0, 0.05) is 0 Å². The molecule has 2 N–H and O–H groups in total. The Morgan fingerprint density at radius 3 is 0.590 bits per heavy atom. The van der Waals surface area contributed by atoms with Gasteiger partial charge < -0.3 is 10.2 Å². The standard InChI is InChI=1S/C80H156O3/c1-3-5-7-9-11-13-15-17-19-21-22-23-24-25-28-32-36-40-44-52-58-64-70-78(80(82)83)79(81)71-65-59-53-45-41-37-33-29-26-27-31-35-39-43-49-55-61-67-75-73-77(75)69-63-57-51-47-46-50-56-62-68-76-72-74(76)66-60-54-48-42-38-34-30-20-18-16-14-12-10-8-6-4-2/h74-79,81H,3-73H2,1-2H3,(H,82,83)/t74?,75?,76?,77?,78-,79-/m1/s1. The van der Waals surface area contributed by atoms with Crippen LogP contribution >= 0.6 is 0 Å². The SMILES string of the molecule is CCCCCCCCCCCCCCCCCCCCCCCC[C@@H](C(=O)O)[C@H](O)CCCCCCCCCCCCCCCCCCCC1CC1CCCCCCCCCCC1CC1CCCCCCCCCCCCCCCCCC. The van der Waals surface area contributed by atoms with Crippen LogP contribution in [0.2, 0.25) is 0 Å². The van der Waals surface area contributed by atoms with Gasteiger partial charge in [-0.3, -0.25) is 4.79 Å². The maximum absolute atomic E-state index is 12.0. The number of rotatable bonds is 73. The van der Waals surface area contributed by atoms with Crippen LogP contribution in [-0.2, 0) is 4.79 Å². The fraction of sp³-hybridized carbons (Fsp3) is 0.988. The summed E-state index contributed by atoms with van der Waals surface area (Å²) in [4.78, 5) is 12.0. The minimum atomic E-state index is -0.796. The summed E-state index contributed by atoms with van der Waals surface area (Å²) in [6.45, 7) is 4.61. The van der Waals surface area contributed by atoms with Crippen LogP contribution in [0.4, 0.5) is 0 Å². The van der Waals surface area contributed by atoms with Gasteiger partial charge in [0.15, 0.2) is 0 Å². The quantitative estimate of drug-likeness (QED) is 0.0597. The average Bonchev–Trinajstić information content (AvgIpc) is 4.57. The van der Waals surface area contributed by atoms with Crippen molar-refractivity contribution in [3.63, 3.8) is 0 Å². The van der Waals surface area contributed by atoms with E-state index in [0.717, 1.165) is 49.4 Å². The van der Waals surface area contributed by atoms with E-state index in [1.54, 1.807) is 25.7 Å². The van der Waals surface area contributed by atoms with Crippen LogP contribution in [0.25, 0.3) is 0 Å². The van der Waals surface area contributed by atoms with Crippen LogP contribution in [0.5, 0.6) is 0 Å². The van der Waals surface area contributed by atoms with Gasteiger partial charge in [-0.25, -0.2) is 0 Å². The average molecular weight is 1170 g/mol. The van der Waals surface area contributed by atoms with Gasteiger partial charge in [0.1, 0.15) is 0 Å². The van der Waals surface area contributed by atoms with Crippen LogP contribution in [0.3, 0.4) is 0 Å². The highest BCUT2D eigenvalue weighted by Gasteiger charge is 2.36. The number of aliphatic carboxylic acids is 1. The van der Waals surface area contributed by atoms with Crippen molar-refractivity contribution in [2.75, 3.05) is 0 Å². The molecule has 4 unspecified atom stereocenters. The van der Waals surface area contributed by atoms with Gasteiger partial charge in [-0.1, -0.05) is 444 Å². The highest BCUT2D eigenvalue weighted by Crippen LogP contribution is 2.47. The Morgan fingerprint density at radius 2 is 0.410 bits per heavy atom. The number of unbranched alkanes of at least 4 members (excludes halogenated alkanes) is 59. The molecule has 0 aromatic heterocycles. The monoisotopic (exact) mass is 1170 g/mol. The van der Waals surface area contributed by atoms with E-state index in [0.29, 0.717) is 12.8 Å². The number of aliphatic hydroxyl groups excluding tert-OH is 1. The van der Waals surface area contributed by atoms with Crippen molar-refractivity contribution in [2.24, 2.45) is 29.6 Å². The van der Waals surface area contributed by atoms with E-state index in [1.807, 2.05) is 0 Å². The maximum atomic E-state index is 12.0. The zero-order valence-corrected chi connectivity index (χ0v) is 57.5. The summed E-state index contributed by atoms with van der Waals surface area (Å²) < 4.78 is 0. The van der Waals surface area contributed by atoms with Crippen LogP contribution in [0, 0.1) is 29.6 Å². The van der Waals surface area contributed by atoms with Gasteiger partial charge in [-0.2, -0.15) is 0 Å². The first-order chi connectivity index (χ1) is 41.1. The lowest BCUT2D eigenvalue weighted by Crippen LogP contribution is -2.28. The van der Waals surface area contributed by atoms with Crippen molar-refractivity contribution in [1.29, 1.82) is 0 Å². The van der Waals surface area contributed by atoms with Crippen molar-refractivity contribution >= 4 is 5.97 Å². The summed E-state index contributed by atoms with van der Waals surface area (Å²) in [6, 6.07) is 0. The Hall–Kier alpha value is -0.570. The fourth-order valence-electron chi connectivity index (χ4n) is 14.9. The van der Waals surface area contributed by atoms with E-state index in [4.69, 9.17) is 0 Å². The van der Waals surface area contributed by atoms with Gasteiger partial charge in [-0.05, 0) is 49.4 Å². The van der Waals surface area contributed by atoms with Gasteiger partial charge in [0.2, 0.25) is 0 Å². The van der Waals surface area contributed by atoms with E-state index in [-0.39, 0.29) is 0 Å². The summed E-state index contributed by atoms with van der Waals surface area (Å²) >= 11 is 0. The molecule has 0 radical (unpaired) electrons. The van der Waals surface area contributed by atoms with Crippen LogP contribution in [0.15, 0.2) is 0 Å². The Bertz CT molecular complexity index is 1260.